The minimum absolute atomic E-state index is 0.237. The lowest BCUT2D eigenvalue weighted by Gasteiger charge is -2.04. The van der Waals surface area contributed by atoms with Crippen molar-refractivity contribution in [3.63, 3.8) is 0 Å². The van der Waals surface area contributed by atoms with Crippen LogP contribution in [0.3, 0.4) is 0 Å². The molecule has 0 aliphatic rings. The van der Waals surface area contributed by atoms with Crippen molar-refractivity contribution in [2.24, 2.45) is 0 Å². The Hall–Kier alpha value is -0.570. The summed E-state index contributed by atoms with van der Waals surface area (Å²) in [6.07, 6.45) is 9.06. The van der Waals surface area contributed by atoms with E-state index in [-0.39, 0.29) is 5.97 Å². The quantitative estimate of drug-likeness (QED) is 0.403. The van der Waals surface area contributed by atoms with Crippen LogP contribution in [0, 0.1) is 0 Å². The van der Waals surface area contributed by atoms with E-state index in [9.17, 15) is 4.79 Å². The average Bonchev–Trinajstić information content (AvgIpc) is 2.25. The van der Waals surface area contributed by atoms with Crippen LogP contribution >= 0.6 is 0 Å². The van der Waals surface area contributed by atoms with Gasteiger partial charge in [-0.2, -0.15) is 0 Å². The number of hydrogen-bond acceptors (Lipinski definition) is 3. The number of ether oxygens (including phenoxy) is 2. The molecule has 0 aromatic carbocycles. The molecule has 0 saturated heterocycles. The van der Waals surface area contributed by atoms with Gasteiger partial charge in [-0.05, 0) is 6.42 Å². The Morgan fingerprint density at radius 2 is 1.50 bits per heavy atom. The van der Waals surface area contributed by atoms with Gasteiger partial charge >= 0.3 is 5.97 Å². The highest BCUT2D eigenvalue weighted by atomic mass is 16.6. The lowest BCUT2D eigenvalue weighted by molar-refractivity contribution is -0.142. The van der Waals surface area contributed by atoms with E-state index >= 15 is 0 Å². The summed E-state index contributed by atoms with van der Waals surface area (Å²) >= 11 is 0. The van der Waals surface area contributed by atoms with E-state index in [1.165, 1.54) is 45.4 Å². The smallest absolute Gasteiger partial charge is 0.302 e. The lowest BCUT2D eigenvalue weighted by Crippen LogP contribution is -2.08. The highest BCUT2D eigenvalue weighted by Gasteiger charge is 1.94. The summed E-state index contributed by atoms with van der Waals surface area (Å²) in [7, 11) is 0. The van der Waals surface area contributed by atoms with E-state index in [0.717, 1.165) is 13.0 Å². The molecule has 0 radical (unpaired) electrons. The minimum atomic E-state index is -0.237. The van der Waals surface area contributed by atoms with Gasteiger partial charge in [0, 0.05) is 13.5 Å². The van der Waals surface area contributed by atoms with E-state index in [2.05, 4.69) is 6.92 Å². The Kier molecular flexibility index (Phi) is 12.1. The standard InChI is InChI=1S/C13H26O3/c1-3-4-5-6-7-8-9-10-15-11-12-16-13(2)14/h3-12H2,1-2H3. The van der Waals surface area contributed by atoms with Crippen molar-refractivity contribution in [2.45, 2.75) is 58.8 Å². The molecule has 0 aliphatic carbocycles. The Morgan fingerprint density at radius 3 is 2.12 bits per heavy atom. The highest BCUT2D eigenvalue weighted by Crippen LogP contribution is 2.06. The van der Waals surface area contributed by atoms with Crippen molar-refractivity contribution in [2.75, 3.05) is 19.8 Å². The molecule has 0 atom stereocenters. The summed E-state index contributed by atoms with van der Waals surface area (Å²) in [5, 5.41) is 0. The molecule has 3 nitrogen and oxygen atoms in total. The van der Waals surface area contributed by atoms with Gasteiger partial charge < -0.3 is 9.47 Å². The van der Waals surface area contributed by atoms with Gasteiger partial charge in [0.1, 0.15) is 6.61 Å². The monoisotopic (exact) mass is 230 g/mol. The highest BCUT2D eigenvalue weighted by molar-refractivity contribution is 5.65. The van der Waals surface area contributed by atoms with Gasteiger partial charge in [0.05, 0.1) is 6.61 Å². The molecule has 0 aliphatic heterocycles. The maximum absolute atomic E-state index is 10.4. The van der Waals surface area contributed by atoms with Crippen molar-refractivity contribution in [3.05, 3.63) is 0 Å². The van der Waals surface area contributed by atoms with E-state index < -0.39 is 0 Å². The number of rotatable bonds is 11. The van der Waals surface area contributed by atoms with Crippen LogP contribution < -0.4 is 0 Å². The number of carbonyl (C=O) groups excluding carboxylic acids is 1. The zero-order valence-electron chi connectivity index (χ0n) is 10.8. The SMILES string of the molecule is CCCCCCCCCOCCOC(C)=O. The lowest BCUT2D eigenvalue weighted by atomic mass is 10.1. The molecule has 0 fully saturated rings. The van der Waals surface area contributed by atoms with Crippen LogP contribution in [0.5, 0.6) is 0 Å². The second-order valence-electron chi connectivity index (χ2n) is 4.07. The van der Waals surface area contributed by atoms with E-state index in [4.69, 9.17) is 9.47 Å². The summed E-state index contributed by atoms with van der Waals surface area (Å²) < 4.78 is 10.1. The number of hydrogen-bond donors (Lipinski definition) is 0. The van der Waals surface area contributed by atoms with Gasteiger partial charge in [0.2, 0.25) is 0 Å². The first-order valence-electron chi connectivity index (χ1n) is 6.48. The van der Waals surface area contributed by atoms with Gasteiger partial charge in [0.15, 0.2) is 0 Å². The van der Waals surface area contributed by atoms with E-state index in [1.54, 1.807) is 0 Å². The molecule has 0 spiro atoms. The van der Waals surface area contributed by atoms with Gasteiger partial charge in [-0.25, -0.2) is 0 Å². The first kappa shape index (κ1) is 15.4. The summed E-state index contributed by atoms with van der Waals surface area (Å²) in [4.78, 5) is 10.4. The molecule has 0 N–H and O–H groups in total. The summed E-state index contributed by atoms with van der Waals surface area (Å²) in [5.41, 5.74) is 0. The van der Waals surface area contributed by atoms with Crippen molar-refractivity contribution in [1.29, 1.82) is 0 Å². The summed E-state index contributed by atoms with van der Waals surface area (Å²) in [5.74, 6) is -0.237. The molecule has 0 aromatic rings. The van der Waals surface area contributed by atoms with Crippen molar-refractivity contribution in [1.82, 2.24) is 0 Å². The molecule has 0 rings (SSSR count). The second-order valence-corrected chi connectivity index (χ2v) is 4.07. The number of unbranched alkanes of at least 4 members (excludes halogenated alkanes) is 6. The van der Waals surface area contributed by atoms with Crippen LogP contribution in [-0.4, -0.2) is 25.8 Å². The van der Waals surface area contributed by atoms with Crippen LogP contribution in [0.4, 0.5) is 0 Å². The van der Waals surface area contributed by atoms with Crippen LogP contribution in [0.25, 0.3) is 0 Å². The Labute approximate surface area is 99.5 Å². The molecular formula is C13H26O3. The van der Waals surface area contributed by atoms with Crippen molar-refractivity contribution < 1.29 is 14.3 Å². The fraction of sp³-hybridized carbons (Fsp3) is 0.923. The average molecular weight is 230 g/mol. The topological polar surface area (TPSA) is 35.5 Å². The third kappa shape index (κ3) is 13.4. The molecular weight excluding hydrogens is 204 g/mol. The van der Waals surface area contributed by atoms with Crippen LogP contribution in [0.15, 0.2) is 0 Å². The Morgan fingerprint density at radius 1 is 0.875 bits per heavy atom. The minimum Gasteiger partial charge on any atom is -0.463 e. The maximum Gasteiger partial charge on any atom is 0.302 e. The number of esters is 1. The normalized spacial score (nSPS) is 10.4. The molecule has 16 heavy (non-hydrogen) atoms. The zero-order valence-corrected chi connectivity index (χ0v) is 10.8. The van der Waals surface area contributed by atoms with Crippen LogP contribution in [0.1, 0.15) is 58.8 Å². The van der Waals surface area contributed by atoms with Crippen molar-refractivity contribution in [3.8, 4) is 0 Å². The third-order valence-electron chi connectivity index (χ3n) is 2.43. The Balaban J connectivity index is 2.90. The molecule has 0 unspecified atom stereocenters. The third-order valence-corrected chi connectivity index (χ3v) is 2.43. The summed E-state index contributed by atoms with van der Waals surface area (Å²) in [6.45, 7) is 5.34. The van der Waals surface area contributed by atoms with Crippen LogP contribution in [0.2, 0.25) is 0 Å². The molecule has 0 bridgehead atoms. The van der Waals surface area contributed by atoms with Gasteiger partial charge in [0.25, 0.3) is 0 Å². The molecule has 0 amide bonds. The summed E-state index contributed by atoms with van der Waals surface area (Å²) in [6, 6.07) is 0. The molecule has 0 saturated carbocycles. The van der Waals surface area contributed by atoms with Crippen LogP contribution in [-0.2, 0) is 14.3 Å². The molecule has 96 valence electrons. The first-order chi connectivity index (χ1) is 7.77. The van der Waals surface area contributed by atoms with Gasteiger partial charge in [-0.3, -0.25) is 4.79 Å². The molecule has 3 heteroatoms. The fourth-order valence-corrected chi connectivity index (χ4v) is 1.51. The molecule has 0 aromatic heterocycles. The van der Waals surface area contributed by atoms with E-state index in [1.807, 2.05) is 0 Å². The van der Waals surface area contributed by atoms with E-state index in [0.29, 0.717) is 13.2 Å². The van der Waals surface area contributed by atoms with Gasteiger partial charge in [-0.1, -0.05) is 45.4 Å². The largest absolute Gasteiger partial charge is 0.463 e. The predicted molar refractivity (Wildman–Crippen MR) is 65.4 cm³/mol. The zero-order chi connectivity index (χ0) is 12.1. The first-order valence-corrected chi connectivity index (χ1v) is 6.48. The molecule has 0 heterocycles. The fourth-order valence-electron chi connectivity index (χ4n) is 1.51. The van der Waals surface area contributed by atoms with Gasteiger partial charge in [-0.15, -0.1) is 0 Å². The maximum atomic E-state index is 10.4. The number of carbonyl (C=O) groups is 1. The van der Waals surface area contributed by atoms with Crippen molar-refractivity contribution >= 4 is 5.97 Å². The second kappa shape index (κ2) is 12.5. The predicted octanol–water partition coefficient (Wildman–Crippen LogP) is 3.32. The Bertz CT molecular complexity index is 157.